The normalized spacial score (nSPS) is 14.6. The van der Waals surface area contributed by atoms with Crippen molar-refractivity contribution < 1.29 is 5.11 Å². The fourth-order valence-electron chi connectivity index (χ4n) is 1.24. The molecule has 0 radical (unpaired) electrons. The topological polar surface area (TPSA) is 44.0 Å². The molecule has 0 saturated carbocycles. The average molecular weight is 175 g/mol. The molecule has 68 valence electrons. The number of rotatable bonds is 2. The molecule has 1 atom stereocenters. The van der Waals surface area contributed by atoms with Crippen LogP contribution >= 0.6 is 0 Å². The van der Waals surface area contributed by atoms with E-state index in [9.17, 15) is 5.11 Å². The van der Waals surface area contributed by atoms with Crippen molar-refractivity contribution in [2.24, 2.45) is 0 Å². The predicted octanol–water partition coefficient (Wildman–Crippen LogP) is 2.12. The summed E-state index contributed by atoms with van der Waals surface area (Å²) < 4.78 is 0. The zero-order chi connectivity index (χ0) is 9.90. The summed E-state index contributed by atoms with van der Waals surface area (Å²) in [4.78, 5) is 0. The number of hydrogen-bond acceptors (Lipinski definition) is 2. The Morgan fingerprint density at radius 3 is 2.77 bits per heavy atom. The lowest BCUT2D eigenvalue weighted by Gasteiger charge is -2.20. The van der Waals surface area contributed by atoms with Gasteiger partial charge in [-0.1, -0.05) is 29.8 Å². The van der Waals surface area contributed by atoms with Crippen molar-refractivity contribution in [3.8, 4) is 6.07 Å². The summed E-state index contributed by atoms with van der Waals surface area (Å²) >= 11 is 0. The Hall–Kier alpha value is -1.33. The van der Waals surface area contributed by atoms with Crippen molar-refractivity contribution in [2.45, 2.75) is 25.9 Å². The molecule has 2 heteroatoms. The Bertz CT molecular complexity index is 336. The van der Waals surface area contributed by atoms with E-state index >= 15 is 0 Å². The van der Waals surface area contributed by atoms with E-state index in [-0.39, 0.29) is 6.42 Å². The Labute approximate surface area is 78.4 Å². The summed E-state index contributed by atoms with van der Waals surface area (Å²) in [5.74, 6) is 0. The van der Waals surface area contributed by atoms with E-state index < -0.39 is 5.60 Å². The second-order valence-electron chi connectivity index (χ2n) is 3.48. The van der Waals surface area contributed by atoms with E-state index in [1.54, 1.807) is 6.92 Å². The van der Waals surface area contributed by atoms with Crippen LogP contribution in [0.3, 0.4) is 0 Å². The van der Waals surface area contributed by atoms with E-state index in [0.717, 1.165) is 11.1 Å². The van der Waals surface area contributed by atoms with Crippen LogP contribution in [-0.4, -0.2) is 5.11 Å². The third-order valence-electron chi connectivity index (χ3n) is 2.06. The van der Waals surface area contributed by atoms with E-state index in [1.165, 1.54) is 0 Å². The molecule has 1 N–H and O–H groups in total. The molecular formula is C11H13NO. The van der Waals surface area contributed by atoms with E-state index in [1.807, 2.05) is 37.3 Å². The highest BCUT2D eigenvalue weighted by Gasteiger charge is 2.22. The first-order chi connectivity index (χ1) is 6.06. The van der Waals surface area contributed by atoms with Gasteiger partial charge in [-0.15, -0.1) is 0 Å². The molecule has 2 nitrogen and oxygen atoms in total. The third-order valence-corrected chi connectivity index (χ3v) is 2.06. The molecule has 0 aromatic heterocycles. The van der Waals surface area contributed by atoms with Crippen LogP contribution in [0.1, 0.15) is 24.5 Å². The molecule has 0 fully saturated rings. The molecule has 1 aromatic rings. The number of aliphatic hydroxyl groups is 1. The summed E-state index contributed by atoms with van der Waals surface area (Å²) in [6.07, 6.45) is 0.121. The lowest BCUT2D eigenvalue weighted by Crippen LogP contribution is -2.20. The van der Waals surface area contributed by atoms with Gasteiger partial charge in [0.15, 0.2) is 0 Å². The van der Waals surface area contributed by atoms with Gasteiger partial charge in [-0.25, -0.2) is 0 Å². The third kappa shape index (κ3) is 2.30. The molecular weight excluding hydrogens is 162 g/mol. The zero-order valence-electron chi connectivity index (χ0n) is 7.91. The first-order valence-corrected chi connectivity index (χ1v) is 4.23. The molecule has 1 aromatic carbocycles. The molecule has 0 bridgehead atoms. The molecule has 0 aliphatic carbocycles. The smallest absolute Gasteiger partial charge is 0.0998 e. The van der Waals surface area contributed by atoms with Crippen LogP contribution in [-0.2, 0) is 5.60 Å². The fraction of sp³-hybridized carbons (Fsp3) is 0.364. The summed E-state index contributed by atoms with van der Waals surface area (Å²) in [5.41, 5.74) is 0.866. The Balaban J connectivity index is 3.01. The minimum absolute atomic E-state index is 0.121. The monoisotopic (exact) mass is 175 g/mol. The summed E-state index contributed by atoms with van der Waals surface area (Å²) in [7, 11) is 0. The van der Waals surface area contributed by atoms with E-state index in [4.69, 9.17) is 5.26 Å². The van der Waals surface area contributed by atoms with Crippen LogP contribution < -0.4 is 0 Å². The molecule has 0 aliphatic heterocycles. The number of aryl methyl sites for hydroxylation is 1. The van der Waals surface area contributed by atoms with Crippen molar-refractivity contribution in [2.75, 3.05) is 0 Å². The quantitative estimate of drug-likeness (QED) is 0.748. The van der Waals surface area contributed by atoms with Gasteiger partial charge in [-0.2, -0.15) is 5.26 Å². The van der Waals surface area contributed by atoms with Gasteiger partial charge in [0.25, 0.3) is 0 Å². The highest BCUT2D eigenvalue weighted by Crippen LogP contribution is 2.24. The lowest BCUT2D eigenvalue weighted by molar-refractivity contribution is 0.0624. The Morgan fingerprint density at radius 2 is 2.23 bits per heavy atom. The maximum Gasteiger partial charge on any atom is 0.0998 e. The molecule has 0 heterocycles. The van der Waals surface area contributed by atoms with Crippen molar-refractivity contribution in [3.63, 3.8) is 0 Å². The van der Waals surface area contributed by atoms with Gasteiger partial charge in [-0.3, -0.25) is 0 Å². The minimum atomic E-state index is -1.03. The van der Waals surface area contributed by atoms with Crippen LogP contribution in [0.2, 0.25) is 0 Å². The van der Waals surface area contributed by atoms with Gasteiger partial charge in [0.2, 0.25) is 0 Å². The second kappa shape index (κ2) is 3.59. The Morgan fingerprint density at radius 1 is 1.54 bits per heavy atom. The van der Waals surface area contributed by atoms with Gasteiger partial charge in [0.05, 0.1) is 18.1 Å². The molecule has 1 rings (SSSR count). The SMILES string of the molecule is Cc1cccc(C(C)(O)CC#N)c1. The van der Waals surface area contributed by atoms with Gasteiger partial charge in [0, 0.05) is 0 Å². The van der Waals surface area contributed by atoms with Crippen molar-refractivity contribution in [1.82, 2.24) is 0 Å². The second-order valence-corrected chi connectivity index (χ2v) is 3.48. The van der Waals surface area contributed by atoms with Crippen molar-refractivity contribution >= 4 is 0 Å². The van der Waals surface area contributed by atoms with Gasteiger partial charge in [-0.05, 0) is 19.4 Å². The number of nitrogens with zero attached hydrogens (tertiary/aromatic N) is 1. The van der Waals surface area contributed by atoms with Crippen LogP contribution in [0, 0.1) is 18.3 Å². The van der Waals surface area contributed by atoms with E-state index in [0.29, 0.717) is 0 Å². The highest BCUT2D eigenvalue weighted by atomic mass is 16.3. The predicted molar refractivity (Wildman–Crippen MR) is 51.0 cm³/mol. The largest absolute Gasteiger partial charge is 0.384 e. The van der Waals surface area contributed by atoms with Crippen LogP contribution in [0.5, 0.6) is 0 Å². The van der Waals surface area contributed by atoms with Crippen LogP contribution in [0.15, 0.2) is 24.3 Å². The summed E-state index contributed by atoms with van der Waals surface area (Å²) in [6.45, 7) is 3.62. The standard InChI is InChI=1S/C11H13NO/c1-9-4-3-5-10(8-9)11(2,13)6-7-12/h3-5,8,13H,6H2,1-2H3. The minimum Gasteiger partial charge on any atom is -0.384 e. The number of hydrogen-bond donors (Lipinski definition) is 1. The average Bonchev–Trinajstić information content (AvgIpc) is 2.04. The molecule has 0 saturated heterocycles. The van der Waals surface area contributed by atoms with Gasteiger partial charge in [0.1, 0.15) is 0 Å². The summed E-state index contributed by atoms with van der Waals surface area (Å²) in [5, 5.41) is 18.4. The molecule has 0 spiro atoms. The first-order valence-electron chi connectivity index (χ1n) is 4.23. The maximum atomic E-state index is 9.89. The first kappa shape index (κ1) is 9.76. The number of benzene rings is 1. The van der Waals surface area contributed by atoms with Gasteiger partial charge >= 0.3 is 0 Å². The fourth-order valence-corrected chi connectivity index (χ4v) is 1.24. The highest BCUT2D eigenvalue weighted by molar-refractivity contribution is 5.27. The molecule has 13 heavy (non-hydrogen) atoms. The van der Waals surface area contributed by atoms with Crippen molar-refractivity contribution in [1.29, 1.82) is 5.26 Å². The van der Waals surface area contributed by atoms with Crippen LogP contribution in [0.25, 0.3) is 0 Å². The molecule has 1 unspecified atom stereocenters. The summed E-state index contributed by atoms with van der Waals surface area (Å²) in [6, 6.07) is 9.56. The van der Waals surface area contributed by atoms with Crippen LogP contribution in [0.4, 0.5) is 0 Å². The molecule has 0 amide bonds. The van der Waals surface area contributed by atoms with E-state index in [2.05, 4.69) is 0 Å². The Kier molecular flexibility index (Phi) is 2.69. The molecule has 0 aliphatic rings. The number of nitriles is 1. The zero-order valence-corrected chi connectivity index (χ0v) is 7.91. The lowest BCUT2D eigenvalue weighted by atomic mass is 9.92. The maximum absolute atomic E-state index is 9.89. The van der Waals surface area contributed by atoms with Crippen molar-refractivity contribution in [3.05, 3.63) is 35.4 Å². The van der Waals surface area contributed by atoms with Gasteiger partial charge < -0.3 is 5.11 Å².